The Hall–Kier alpha value is -2.31. The number of methoxy groups -OCH3 is 1. The molecule has 0 atom stereocenters. The van der Waals surface area contributed by atoms with Crippen molar-refractivity contribution in [3.05, 3.63) is 51.8 Å². The highest BCUT2D eigenvalue weighted by atomic mass is 35.5. The van der Waals surface area contributed by atoms with E-state index in [1.165, 1.54) is 31.5 Å². The molecule has 0 saturated heterocycles. The van der Waals surface area contributed by atoms with Gasteiger partial charge >= 0.3 is 5.97 Å². The topological polar surface area (TPSA) is 88.5 Å². The predicted molar refractivity (Wildman–Crippen MR) is 82.2 cm³/mol. The zero-order valence-corrected chi connectivity index (χ0v) is 12.8. The zero-order chi connectivity index (χ0) is 16.3. The minimum atomic E-state index is -1.18. The summed E-state index contributed by atoms with van der Waals surface area (Å²) in [5, 5.41) is 11.7. The van der Waals surface area contributed by atoms with E-state index in [-0.39, 0.29) is 32.7 Å². The van der Waals surface area contributed by atoms with Gasteiger partial charge in [-0.15, -0.1) is 0 Å². The lowest BCUT2D eigenvalue weighted by Gasteiger charge is -2.13. The van der Waals surface area contributed by atoms with Crippen molar-refractivity contribution in [3.8, 4) is 5.75 Å². The lowest BCUT2D eigenvalue weighted by molar-refractivity contribution is 0.0696. The summed E-state index contributed by atoms with van der Waals surface area (Å²) in [6.45, 7) is 0. The van der Waals surface area contributed by atoms with Crippen molar-refractivity contribution in [2.75, 3.05) is 12.4 Å². The van der Waals surface area contributed by atoms with Gasteiger partial charge in [0.15, 0.2) is 5.75 Å². The summed E-state index contributed by atoms with van der Waals surface area (Å²) in [6.07, 6.45) is 1.45. The molecule has 1 aromatic heterocycles. The molecule has 2 N–H and O–H groups in total. The van der Waals surface area contributed by atoms with E-state index in [1.54, 1.807) is 6.07 Å². The Morgan fingerprint density at radius 1 is 1.32 bits per heavy atom. The molecule has 8 heteroatoms. The number of pyridine rings is 1. The van der Waals surface area contributed by atoms with Crippen molar-refractivity contribution in [3.63, 3.8) is 0 Å². The maximum absolute atomic E-state index is 12.2. The van der Waals surface area contributed by atoms with Crippen LogP contribution in [0.1, 0.15) is 20.7 Å². The van der Waals surface area contributed by atoms with Crippen molar-refractivity contribution in [1.29, 1.82) is 0 Å². The van der Waals surface area contributed by atoms with E-state index in [0.717, 1.165) is 0 Å². The van der Waals surface area contributed by atoms with E-state index in [2.05, 4.69) is 10.3 Å². The number of hydrogen-bond acceptors (Lipinski definition) is 4. The minimum Gasteiger partial charge on any atom is -0.493 e. The number of carbonyl (C=O) groups excluding carboxylic acids is 1. The molecule has 0 spiro atoms. The third-order valence-electron chi connectivity index (χ3n) is 2.75. The number of carbonyl (C=O) groups is 2. The van der Waals surface area contributed by atoms with Crippen molar-refractivity contribution in [2.45, 2.75) is 0 Å². The summed E-state index contributed by atoms with van der Waals surface area (Å²) >= 11 is 11.8. The van der Waals surface area contributed by atoms with Crippen LogP contribution in [0.2, 0.25) is 10.2 Å². The number of anilines is 1. The van der Waals surface area contributed by atoms with Gasteiger partial charge in [-0.1, -0.05) is 23.2 Å². The third-order valence-corrected chi connectivity index (χ3v) is 3.33. The van der Waals surface area contributed by atoms with Crippen LogP contribution in [-0.4, -0.2) is 29.1 Å². The van der Waals surface area contributed by atoms with Crippen LogP contribution in [0.15, 0.2) is 30.5 Å². The van der Waals surface area contributed by atoms with Gasteiger partial charge in [0.25, 0.3) is 5.91 Å². The molecule has 6 nitrogen and oxygen atoms in total. The molecule has 0 radical (unpaired) electrons. The van der Waals surface area contributed by atoms with Gasteiger partial charge in [0.2, 0.25) is 0 Å². The first-order valence-corrected chi connectivity index (χ1v) is 6.72. The Bertz CT molecular complexity index is 750. The van der Waals surface area contributed by atoms with E-state index in [4.69, 9.17) is 33.0 Å². The number of carboxylic acid groups (broad SMARTS) is 1. The summed E-state index contributed by atoms with van der Waals surface area (Å²) in [5.74, 6) is -1.59. The molecule has 0 bridgehead atoms. The highest BCUT2D eigenvalue weighted by Crippen LogP contribution is 2.34. The molecule has 0 aliphatic rings. The van der Waals surface area contributed by atoms with E-state index in [9.17, 15) is 9.59 Å². The summed E-state index contributed by atoms with van der Waals surface area (Å²) in [4.78, 5) is 27.1. The number of aromatic carboxylic acids is 1. The second kappa shape index (κ2) is 6.64. The fourth-order valence-electron chi connectivity index (χ4n) is 1.76. The number of halogens is 2. The molecule has 2 aromatic rings. The number of nitrogens with one attached hydrogen (secondary N) is 1. The molecule has 114 valence electrons. The van der Waals surface area contributed by atoms with Crippen LogP contribution >= 0.6 is 23.2 Å². The average Bonchev–Trinajstić information content (AvgIpc) is 2.47. The minimum absolute atomic E-state index is 0.0273. The van der Waals surface area contributed by atoms with Gasteiger partial charge < -0.3 is 15.2 Å². The number of hydrogen-bond donors (Lipinski definition) is 2. The number of aromatic nitrogens is 1. The smallest absolute Gasteiger partial charge is 0.335 e. The zero-order valence-electron chi connectivity index (χ0n) is 11.3. The molecular weight excluding hydrogens is 331 g/mol. The maximum atomic E-state index is 12.2. The predicted octanol–water partition coefficient (Wildman–Crippen LogP) is 3.35. The molecule has 0 fully saturated rings. The van der Waals surface area contributed by atoms with Crippen LogP contribution in [0.3, 0.4) is 0 Å². The molecule has 22 heavy (non-hydrogen) atoms. The van der Waals surface area contributed by atoms with Crippen LogP contribution in [0, 0.1) is 0 Å². The molecule has 0 unspecified atom stereocenters. The monoisotopic (exact) mass is 340 g/mol. The first-order chi connectivity index (χ1) is 10.4. The maximum Gasteiger partial charge on any atom is 0.335 e. The standard InChI is InChI=1S/C14H10Cl2N2O4/c1-22-11-9(15)5-7(14(20)21)6-10(11)18-13(19)8-3-2-4-17-12(8)16/h2-6H,1H3,(H,18,19)(H,20,21). The Labute approximate surface area is 135 Å². The summed E-state index contributed by atoms with van der Waals surface area (Å²) in [5.41, 5.74) is 0.179. The molecule has 0 aliphatic heterocycles. The van der Waals surface area contributed by atoms with Crippen LogP contribution in [0.5, 0.6) is 5.75 Å². The molecule has 1 amide bonds. The number of amides is 1. The van der Waals surface area contributed by atoms with Crippen LogP contribution < -0.4 is 10.1 Å². The molecule has 0 saturated carbocycles. The summed E-state index contributed by atoms with van der Waals surface area (Å²) in [7, 11) is 1.36. The quantitative estimate of drug-likeness (QED) is 0.833. The van der Waals surface area contributed by atoms with E-state index >= 15 is 0 Å². The largest absolute Gasteiger partial charge is 0.493 e. The lowest BCUT2D eigenvalue weighted by Crippen LogP contribution is -2.14. The molecule has 1 heterocycles. The number of nitrogens with zero attached hydrogens (tertiary/aromatic N) is 1. The molecular formula is C14H10Cl2N2O4. The van der Waals surface area contributed by atoms with Crippen molar-refractivity contribution in [2.24, 2.45) is 0 Å². The number of benzene rings is 1. The Morgan fingerprint density at radius 3 is 2.64 bits per heavy atom. The second-order valence-corrected chi connectivity index (χ2v) is 4.91. The van der Waals surface area contributed by atoms with Gasteiger partial charge in [0, 0.05) is 6.20 Å². The summed E-state index contributed by atoms with van der Waals surface area (Å²) < 4.78 is 5.09. The van der Waals surface area contributed by atoms with Crippen LogP contribution in [0.4, 0.5) is 5.69 Å². The average molecular weight is 341 g/mol. The van der Waals surface area contributed by atoms with Gasteiger partial charge in [-0.25, -0.2) is 9.78 Å². The number of ether oxygens (including phenoxy) is 1. The first-order valence-electron chi connectivity index (χ1n) is 5.96. The third kappa shape index (κ3) is 3.29. The van der Waals surface area contributed by atoms with E-state index < -0.39 is 11.9 Å². The molecule has 0 aliphatic carbocycles. The van der Waals surface area contributed by atoms with Gasteiger partial charge in [0.1, 0.15) is 5.15 Å². The van der Waals surface area contributed by atoms with Gasteiger partial charge in [-0.05, 0) is 24.3 Å². The Balaban J connectivity index is 2.42. The van der Waals surface area contributed by atoms with Crippen LogP contribution in [-0.2, 0) is 0 Å². The SMILES string of the molecule is COc1c(Cl)cc(C(=O)O)cc1NC(=O)c1cccnc1Cl. The van der Waals surface area contributed by atoms with Gasteiger partial charge in [0.05, 0.1) is 28.9 Å². The van der Waals surface area contributed by atoms with E-state index in [0.29, 0.717) is 0 Å². The Kier molecular flexibility index (Phi) is 4.85. The fourth-order valence-corrected chi connectivity index (χ4v) is 2.26. The van der Waals surface area contributed by atoms with Crippen molar-refractivity contribution < 1.29 is 19.4 Å². The summed E-state index contributed by atoms with van der Waals surface area (Å²) in [6, 6.07) is 5.52. The van der Waals surface area contributed by atoms with Crippen LogP contribution in [0.25, 0.3) is 0 Å². The normalized spacial score (nSPS) is 10.1. The Morgan fingerprint density at radius 2 is 2.05 bits per heavy atom. The molecule has 1 aromatic carbocycles. The highest BCUT2D eigenvalue weighted by molar-refractivity contribution is 6.34. The first kappa shape index (κ1) is 16.1. The fraction of sp³-hybridized carbons (Fsp3) is 0.0714. The van der Waals surface area contributed by atoms with Crippen molar-refractivity contribution in [1.82, 2.24) is 4.98 Å². The van der Waals surface area contributed by atoms with E-state index in [1.807, 2.05) is 0 Å². The lowest BCUT2D eigenvalue weighted by atomic mass is 10.1. The van der Waals surface area contributed by atoms with Crippen molar-refractivity contribution >= 4 is 40.8 Å². The van der Waals surface area contributed by atoms with Gasteiger partial charge in [-0.2, -0.15) is 0 Å². The second-order valence-electron chi connectivity index (χ2n) is 4.14. The van der Waals surface area contributed by atoms with Gasteiger partial charge in [-0.3, -0.25) is 4.79 Å². The highest BCUT2D eigenvalue weighted by Gasteiger charge is 2.18. The number of rotatable bonds is 4. The number of carboxylic acids is 1. The molecule has 2 rings (SSSR count).